The van der Waals surface area contributed by atoms with E-state index in [0.29, 0.717) is 17.1 Å². The van der Waals surface area contributed by atoms with Crippen LogP contribution < -0.4 is 15.0 Å². The Kier molecular flexibility index (Phi) is 6.87. The van der Waals surface area contributed by atoms with E-state index in [1.165, 1.54) is 34.3 Å². The third kappa shape index (κ3) is 4.68. The fourth-order valence-corrected chi connectivity index (χ4v) is 3.15. The summed E-state index contributed by atoms with van der Waals surface area (Å²) in [7, 11) is 4.12. The first-order valence-electron chi connectivity index (χ1n) is 8.67. The number of aromatic nitrogens is 1. The maximum atomic E-state index is 13.1. The lowest BCUT2D eigenvalue weighted by Crippen LogP contribution is -2.31. The molecule has 0 amide bonds. The minimum absolute atomic E-state index is 0.120. The van der Waals surface area contributed by atoms with Crippen molar-refractivity contribution in [2.75, 3.05) is 21.3 Å². The summed E-state index contributed by atoms with van der Waals surface area (Å²) < 4.78 is 16.3. The molecule has 2 N–H and O–H groups in total. The number of nitrogens with zero attached hydrogens (tertiary/aromatic N) is 1. The maximum Gasteiger partial charge on any atom is 0.323 e. The fraction of sp³-hybridized carbons (Fsp3) is 0.350. The number of ether oxygens (including phenoxy) is 3. The third-order valence-corrected chi connectivity index (χ3v) is 4.58. The van der Waals surface area contributed by atoms with Crippen molar-refractivity contribution in [2.45, 2.75) is 25.8 Å². The van der Waals surface area contributed by atoms with E-state index in [-0.39, 0.29) is 23.4 Å². The summed E-state index contributed by atoms with van der Waals surface area (Å²) in [6.07, 6.45) is -0.266. The SMILES string of the molecule is COC(=O)CC(c1ccc(OC)cc1OC)c1c(O)cc(C)n(CC(=O)O)c1=O. The largest absolute Gasteiger partial charge is 0.507 e. The molecular weight excluding hydrogens is 382 g/mol. The number of carbonyl (C=O) groups is 2. The number of aliphatic carboxylic acids is 1. The van der Waals surface area contributed by atoms with Gasteiger partial charge in [-0.3, -0.25) is 14.4 Å². The Morgan fingerprint density at radius 2 is 1.83 bits per heavy atom. The summed E-state index contributed by atoms with van der Waals surface area (Å²) in [5.74, 6) is -2.27. The van der Waals surface area contributed by atoms with E-state index in [2.05, 4.69) is 0 Å². The number of carboxylic acids is 1. The van der Waals surface area contributed by atoms with E-state index in [4.69, 9.17) is 19.3 Å². The first-order valence-corrected chi connectivity index (χ1v) is 8.67. The lowest BCUT2D eigenvalue weighted by Gasteiger charge is -2.22. The first-order chi connectivity index (χ1) is 13.7. The number of rotatable bonds is 8. The van der Waals surface area contributed by atoms with E-state index in [0.717, 1.165) is 4.57 Å². The van der Waals surface area contributed by atoms with Gasteiger partial charge >= 0.3 is 11.9 Å². The van der Waals surface area contributed by atoms with Crippen LogP contribution >= 0.6 is 0 Å². The minimum atomic E-state index is -1.21. The van der Waals surface area contributed by atoms with Crippen molar-refractivity contribution < 1.29 is 34.0 Å². The van der Waals surface area contributed by atoms with Crippen LogP contribution in [-0.2, 0) is 20.9 Å². The van der Waals surface area contributed by atoms with E-state index in [1.54, 1.807) is 18.2 Å². The van der Waals surface area contributed by atoms with Gasteiger partial charge in [0.25, 0.3) is 5.56 Å². The van der Waals surface area contributed by atoms with Gasteiger partial charge in [-0.25, -0.2) is 0 Å². The van der Waals surface area contributed by atoms with Crippen molar-refractivity contribution in [1.29, 1.82) is 0 Å². The summed E-state index contributed by atoms with van der Waals surface area (Å²) in [5.41, 5.74) is -0.114. The lowest BCUT2D eigenvalue weighted by atomic mass is 9.87. The van der Waals surface area contributed by atoms with Crippen molar-refractivity contribution in [3.63, 3.8) is 0 Å². The molecule has 0 aliphatic rings. The number of esters is 1. The summed E-state index contributed by atoms with van der Waals surface area (Å²) in [4.78, 5) is 36.3. The number of aryl methyl sites for hydroxylation is 1. The number of hydrogen-bond donors (Lipinski definition) is 2. The molecule has 0 aliphatic heterocycles. The van der Waals surface area contributed by atoms with Crippen LogP contribution in [0, 0.1) is 6.92 Å². The second-order valence-electron chi connectivity index (χ2n) is 6.31. The maximum absolute atomic E-state index is 13.1. The molecule has 0 spiro atoms. The molecule has 1 heterocycles. The minimum Gasteiger partial charge on any atom is -0.507 e. The van der Waals surface area contributed by atoms with Crippen LogP contribution in [0.5, 0.6) is 17.2 Å². The molecule has 9 heteroatoms. The van der Waals surface area contributed by atoms with Gasteiger partial charge < -0.3 is 29.0 Å². The van der Waals surface area contributed by atoms with Gasteiger partial charge in [-0.1, -0.05) is 6.07 Å². The zero-order valence-electron chi connectivity index (χ0n) is 16.6. The molecule has 0 radical (unpaired) electrons. The highest BCUT2D eigenvalue weighted by Crippen LogP contribution is 2.38. The number of carboxylic acid groups (broad SMARTS) is 1. The molecule has 1 atom stereocenters. The van der Waals surface area contributed by atoms with Crippen molar-refractivity contribution in [2.24, 2.45) is 0 Å². The van der Waals surface area contributed by atoms with Crippen LogP contribution in [0.25, 0.3) is 0 Å². The number of carbonyl (C=O) groups excluding carboxylic acids is 1. The highest BCUT2D eigenvalue weighted by Gasteiger charge is 2.29. The monoisotopic (exact) mass is 405 g/mol. The van der Waals surface area contributed by atoms with Crippen molar-refractivity contribution >= 4 is 11.9 Å². The van der Waals surface area contributed by atoms with E-state index in [9.17, 15) is 19.5 Å². The Bertz CT molecular complexity index is 979. The van der Waals surface area contributed by atoms with Crippen LogP contribution in [0.15, 0.2) is 29.1 Å². The molecule has 0 saturated carbocycles. The Balaban J connectivity index is 2.77. The highest BCUT2D eigenvalue weighted by atomic mass is 16.5. The molecule has 29 heavy (non-hydrogen) atoms. The van der Waals surface area contributed by atoms with Crippen LogP contribution in [-0.4, -0.2) is 48.0 Å². The number of methoxy groups -OCH3 is 3. The Morgan fingerprint density at radius 1 is 1.14 bits per heavy atom. The van der Waals surface area contributed by atoms with E-state index >= 15 is 0 Å². The molecule has 156 valence electrons. The zero-order chi connectivity index (χ0) is 21.7. The summed E-state index contributed by atoms with van der Waals surface area (Å²) in [5, 5.41) is 19.7. The first kappa shape index (κ1) is 21.8. The van der Waals surface area contributed by atoms with Gasteiger partial charge in [0.15, 0.2) is 0 Å². The van der Waals surface area contributed by atoms with Crippen LogP contribution in [0.2, 0.25) is 0 Å². The van der Waals surface area contributed by atoms with Gasteiger partial charge in [0, 0.05) is 23.2 Å². The van der Waals surface area contributed by atoms with Gasteiger partial charge in [-0.05, 0) is 19.1 Å². The van der Waals surface area contributed by atoms with Crippen LogP contribution in [0.3, 0.4) is 0 Å². The van der Waals surface area contributed by atoms with E-state index in [1.807, 2.05) is 0 Å². The summed E-state index contributed by atoms with van der Waals surface area (Å²) in [6.45, 7) is 0.930. The smallest absolute Gasteiger partial charge is 0.323 e. The average Bonchev–Trinajstić information content (AvgIpc) is 2.69. The molecule has 2 aromatic rings. The number of pyridine rings is 1. The fourth-order valence-electron chi connectivity index (χ4n) is 3.15. The standard InChI is InChI=1S/C20H23NO8/c1-11-7-15(22)19(20(26)21(11)10-17(23)24)14(9-18(25)29-4)13-6-5-12(27-2)8-16(13)28-3/h5-8,14,22H,9-10H2,1-4H3,(H,23,24). The molecule has 0 saturated heterocycles. The number of aromatic hydroxyl groups is 1. The topological polar surface area (TPSA) is 124 Å². The van der Waals surface area contributed by atoms with Gasteiger partial charge in [0.2, 0.25) is 0 Å². The van der Waals surface area contributed by atoms with Gasteiger partial charge in [-0.15, -0.1) is 0 Å². The molecule has 9 nitrogen and oxygen atoms in total. The van der Waals surface area contributed by atoms with Crippen LogP contribution in [0.4, 0.5) is 0 Å². The third-order valence-electron chi connectivity index (χ3n) is 4.58. The lowest BCUT2D eigenvalue weighted by molar-refractivity contribution is -0.141. The second-order valence-corrected chi connectivity index (χ2v) is 6.31. The molecule has 0 aliphatic carbocycles. The normalized spacial score (nSPS) is 11.6. The van der Waals surface area contributed by atoms with Crippen molar-refractivity contribution in [3.05, 3.63) is 51.4 Å². The molecule has 0 fully saturated rings. The Hall–Kier alpha value is -3.49. The number of benzene rings is 1. The molecular formula is C20H23NO8. The zero-order valence-corrected chi connectivity index (χ0v) is 16.6. The summed E-state index contributed by atoms with van der Waals surface area (Å²) in [6, 6.07) is 6.12. The molecule has 1 unspecified atom stereocenters. The van der Waals surface area contributed by atoms with Crippen molar-refractivity contribution in [3.8, 4) is 17.2 Å². The Labute approximate surface area is 167 Å². The quantitative estimate of drug-likeness (QED) is 0.636. The highest BCUT2D eigenvalue weighted by molar-refractivity contribution is 5.72. The van der Waals surface area contributed by atoms with Gasteiger partial charge in [0.05, 0.1) is 33.3 Å². The average molecular weight is 405 g/mol. The predicted molar refractivity (Wildman–Crippen MR) is 103 cm³/mol. The molecule has 1 aromatic heterocycles. The molecule has 2 rings (SSSR count). The Morgan fingerprint density at radius 3 is 2.38 bits per heavy atom. The summed E-state index contributed by atoms with van der Waals surface area (Å²) >= 11 is 0. The molecule has 1 aromatic carbocycles. The predicted octanol–water partition coefficient (Wildman–Crippen LogP) is 1.66. The molecule has 0 bridgehead atoms. The van der Waals surface area contributed by atoms with E-state index < -0.39 is 30.0 Å². The van der Waals surface area contributed by atoms with Crippen molar-refractivity contribution in [1.82, 2.24) is 4.57 Å². The van der Waals surface area contributed by atoms with Gasteiger partial charge in [0.1, 0.15) is 23.8 Å². The number of hydrogen-bond acceptors (Lipinski definition) is 7. The van der Waals surface area contributed by atoms with Crippen LogP contribution in [0.1, 0.15) is 29.2 Å². The van der Waals surface area contributed by atoms with Gasteiger partial charge in [-0.2, -0.15) is 0 Å². The second kappa shape index (κ2) is 9.13.